The first-order chi connectivity index (χ1) is 10.0. The highest BCUT2D eigenvalue weighted by atomic mass is 16.5. The fourth-order valence-corrected chi connectivity index (χ4v) is 3.01. The molecule has 0 radical (unpaired) electrons. The molecule has 1 amide bonds. The van der Waals surface area contributed by atoms with Crippen molar-refractivity contribution >= 4 is 5.91 Å². The lowest BCUT2D eigenvalue weighted by Gasteiger charge is -2.36. The van der Waals surface area contributed by atoms with E-state index < -0.39 is 0 Å². The van der Waals surface area contributed by atoms with Gasteiger partial charge in [-0.05, 0) is 45.0 Å². The highest BCUT2D eigenvalue weighted by Crippen LogP contribution is 2.26. The Balaban J connectivity index is 2.16. The van der Waals surface area contributed by atoms with E-state index in [-0.39, 0.29) is 11.9 Å². The molecule has 1 fully saturated rings. The Morgan fingerprint density at radius 3 is 2.43 bits per heavy atom. The molecule has 0 aliphatic carbocycles. The number of piperidine rings is 1. The van der Waals surface area contributed by atoms with E-state index in [1.54, 1.807) is 7.11 Å². The number of carbonyl (C=O) groups excluding carboxylic acids is 1. The molecule has 0 bridgehead atoms. The Morgan fingerprint density at radius 2 is 1.90 bits per heavy atom. The number of hydrogen-bond donors (Lipinski definition) is 0. The zero-order valence-electron chi connectivity index (χ0n) is 13.5. The van der Waals surface area contributed by atoms with Gasteiger partial charge in [-0.3, -0.25) is 9.69 Å². The van der Waals surface area contributed by atoms with E-state index in [1.165, 1.54) is 0 Å². The molecule has 0 N–H and O–H groups in total. The largest absolute Gasteiger partial charge is 0.381 e. The van der Waals surface area contributed by atoms with E-state index in [4.69, 9.17) is 4.74 Å². The summed E-state index contributed by atoms with van der Waals surface area (Å²) in [5, 5.41) is 0. The Bertz CT molecular complexity index is 479. The highest BCUT2D eigenvalue weighted by Gasteiger charge is 2.31. The van der Waals surface area contributed by atoms with Gasteiger partial charge in [0.05, 0.1) is 6.10 Å². The third-order valence-corrected chi connectivity index (χ3v) is 4.32. The molecule has 1 aromatic rings. The first-order valence-corrected chi connectivity index (χ1v) is 7.58. The number of hydrogen-bond acceptors (Lipinski definition) is 3. The van der Waals surface area contributed by atoms with Crippen LogP contribution in [0.2, 0.25) is 0 Å². The molecule has 1 heterocycles. The van der Waals surface area contributed by atoms with Gasteiger partial charge in [0.15, 0.2) is 0 Å². The average Bonchev–Trinajstić information content (AvgIpc) is 2.49. The summed E-state index contributed by atoms with van der Waals surface area (Å²) < 4.78 is 5.38. The Labute approximate surface area is 127 Å². The molecule has 2 rings (SSSR count). The second kappa shape index (κ2) is 7.05. The quantitative estimate of drug-likeness (QED) is 0.852. The van der Waals surface area contributed by atoms with Gasteiger partial charge in [0, 0.05) is 20.2 Å². The van der Waals surface area contributed by atoms with Crippen molar-refractivity contribution < 1.29 is 9.53 Å². The maximum absolute atomic E-state index is 12.9. The van der Waals surface area contributed by atoms with E-state index in [2.05, 4.69) is 19.1 Å². The number of amides is 1. The van der Waals surface area contributed by atoms with Gasteiger partial charge in [-0.25, -0.2) is 0 Å². The minimum absolute atomic E-state index is 0.198. The van der Waals surface area contributed by atoms with Gasteiger partial charge in [0.1, 0.15) is 6.04 Å². The molecule has 21 heavy (non-hydrogen) atoms. The molecule has 0 aromatic heterocycles. The van der Waals surface area contributed by atoms with Crippen molar-refractivity contribution in [2.45, 2.75) is 31.9 Å². The van der Waals surface area contributed by atoms with Crippen molar-refractivity contribution in [2.75, 3.05) is 34.3 Å². The average molecular weight is 290 g/mol. The predicted octanol–water partition coefficient (Wildman–Crippen LogP) is 2.24. The van der Waals surface area contributed by atoms with Crippen LogP contribution in [0.25, 0.3) is 0 Å². The van der Waals surface area contributed by atoms with Gasteiger partial charge in [-0.1, -0.05) is 24.3 Å². The van der Waals surface area contributed by atoms with Crippen LogP contribution >= 0.6 is 0 Å². The summed E-state index contributed by atoms with van der Waals surface area (Å²) >= 11 is 0. The first kappa shape index (κ1) is 16.0. The number of benzene rings is 1. The standard InChI is InChI=1S/C17H26N2O2/c1-13-7-5-6-8-15(13)16(18(2)3)17(20)19-11-9-14(21-4)10-12-19/h5-8,14,16H,9-12H2,1-4H3/t16-/m1/s1. The Morgan fingerprint density at radius 1 is 1.29 bits per heavy atom. The Hall–Kier alpha value is -1.39. The predicted molar refractivity (Wildman–Crippen MR) is 84.2 cm³/mol. The topological polar surface area (TPSA) is 32.8 Å². The number of ether oxygens (including phenoxy) is 1. The van der Waals surface area contributed by atoms with Gasteiger partial charge >= 0.3 is 0 Å². The smallest absolute Gasteiger partial charge is 0.244 e. The van der Waals surface area contributed by atoms with Crippen molar-refractivity contribution in [1.29, 1.82) is 0 Å². The fourth-order valence-electron chi connectivity index (χ4n) is 3.01. The fraction of sp³-hybridized carbons (Fsp3) is 0.588. The third-order valence-electron chi connectivity index (χ3n) is 4.32. The molecule has 116 valence electrons. The summed E-state index contributed by atoms with van der Waals surface area (Å²) in [5.41, 5.74) is 2.26. The van der Waals surface area contributed by atoms with E-state index in [0.717, 1.165) is 37.1 Å². The lowest BCUT2D eigenvalue weighted by atomic mass is 9.98. The van der Waals surface area contributed by atoms with Crippen LogP contribution in [0.5, 0.6) is 0 Å². The molecule has 0 unspecified atom stereocenters. The lowest BCUT2D eigenvalue weighted by Crippen LogP contribution is -2.45. The SMILES string of the molecule is COC1CCN(C(=O)[C@@H](c2ccccc2C)N(C)C)CC1. The van der Waals surface area contributed by atoms with E-state index in [9.17, 15) is 4.79 Å². The normalized spacial score (nSPS) is 18.0. The highest BCUT2D eigenvalue weighted by molar-refractivity contribution is 5.83. The molecule has 1 atom stereocenters. The van der Waals surface area contributed by atoms with Crippen LogP contribution in [-0.2, 0) is 9.53 Å². The van der Waals surface area contributed by atoms with Crippen LogP contribution in [0.15, 0.2) is 24.3 Å². The minimum Gasteiger partial charge on any atom is -0.381 e. The van der Waals surface area contributed by atoms with Crippen molar-refractivity contribution in [2.24, 2.45) is 0 Å². The lowest BCUT2D eigenvalue weighted by molar-refractivity contribution is -0.138. The summed E-state index contributed by atoms with van der Waals surface area (Å²) in [6.07, 6.45) is 2.15. The summed E-state index contributed by atoms with van der Waals surface area (Å²) in [6.45, 7) is 3.64. The number of aryl methyl sites for hydroxylation is 1. The van der Waals surface area contributed by atoms with Crippen LogP contribution in [0.4, 0.5) is 0 Å². The molecule has 0 spiro atoms. The Kier molecular flexibility index (Phi) is 5.37. The minimum atomic E-state index is -0.203. The second-order valence-electron chi connectivity index (χ2n) is 5.98. The van der Waals surface area contributed by atoms with Crippen molar-refractivity contribution in [3.05, 3.63) is 35.4 Å². The maximum atomic E-state index is 12.9. The van der Waals surface area contributed by atoms with Crippen LogP contribution in [0.3, 0.4) is 0 Å². The molecule has 4 nitrogen and oxygen atoms in total. The van der Waals surface area contributed by atoms with E-state index >= 15 is 0 Å². The van der Waals surface area contributed by atoms with Crippen molar-refractivity contribution in [3.63, 3.8) is 0 Å². The van der Waals surface area contributed by atoms with Crippen LogP contribution < -0.4 is 0 Å². The van der Waals surface area contributed by atoms with Gasteiger partial charge in [0.25, 0.3) is 0 Å². The van der Waals surface area contributed by atoms with Gasteiger partial charge < -0.3 is 9.64 Å². The van der Waals surface area contributed by atoms with Gasteiger partial charge in [-0.2, -0.15) is 0 Å². The zero-order valence-corrected chi connectivity index (χ0v) is 13.5. The summed E-state index contributed by atoms with van der Waals surface area (Å²) in [6, 6.07) is 7.93. The monoisotopic (exact) mass is 290 g/mol. The number of nitrogens with zero attached hydrogens (tertiary/aromatic N) is 2. The molecule has 1 saturated heterocycles. The van der Waals surface area contributed by atoms with Crippen LogP contribution in [-0.4, -0.2) is 56.1 Å². The zero-order chi connectivity index (χ0) is 15.4. The summed E-state index contributed by atoms with van der Waals surface area (Å²) in [5.74, 6) is 0.198. The molecular formula is C17H26N2O2. The molecule has 1 aliphatic rings. The molecular weight excluding hydrogens is 264 g/mol. The first-order valence-electron chi connectivity index (χ1n) is 7.58. The number of carbonyl (C=O) groups is 1. The summed E-state index contributed by atoms with van der Waals surface area (Å²) in [7, 11) is 5.69. The van der Waals surface area contributed by atoms with Gasteiger partial charge in [-0.15, -0.1) is 0 Å². The third kappa shape index (κ3) is 3.63. The maximum Gasteiger partial charge on any atom is 0.244 e. The van der Waals surface area contributed by atoms with Crippen molar-refractivity contribution in [3.8, 4) is 0 Å². The second-order valence-corrected chi connectivity index (χ2v) is 5.98. The number of rotatable bonds is 4. The number of methoxy groups -OCH3 is 1. The van der Waals surface area contributed by atoms with Crippen LogP contribution in [0, 0.1) is 6.92 Å². The number of likely N-dealkylation sites (tertiary alicyclic amines) is 1. The van der Waals surface area contributed by atoms with Crippen molar-refractivity contribution in [1.82, 2.24) is 9.80 Å². The molecule has 4 heteroatoms. The number of likely N-dealkylation sites (N-methyl/N-ethyl adjacent to an activating group) is 1. The summed E-state index contributed by atoms with van der Waals surface area (Å²) in [4.78, 5) is 16.9. The molecule has 1 aliphatic heterocycles. The van der Waals surface area contributed by atoms with E-state index in [1.807, 2.05) is 36.0 Å². The molecule has 1 aromatic carbocycles. The van der Waals surface area contributed by atoms with Gasteiger partial charge in [0.2, 0.25) is 5.91 Å². The molecule has 0 saturated carbocycles. The van der Waals surface area contributed by atoms with E-state index in [0.29, 0.717) is 6.10 Å². The van der Waals surface area contributed by atoms with Crippen LogP contribution in [0.1, 0.15) is 30.0 Å².